The lowest BCUT2D eigenvalue weighted by atomic mass is 10.1. The van der Waals surface area contributed by atoms with Crippen molar-refractivity contribution >= 4 is 28.8 Å². The van der Waals surface area contributed by atoms with Crippen LogP contribution in [0.15, 0.2) is 74.7 Å². The number of nitrogens with zero attached hydrogens (tertiary/aromatic N) is 1. The molecule has 0 saturated heterocycles. The van der Waals surface area contributed by atoms with E-state index in [4.69, 9.17) is 8.83 Å². The van der Waals surface area contributed by atoms with E-state index in [0.29, 0.717) is 22.5 Å². The molecule has 1 unspecified atom stereocenters. The molecule has 142 valence electrons. The third kappa shape index (κ3) is 4.12. The molecule has 0 aliphatic carbocycles. The molecule has 0 fully saturated rings. The number of aromatic nitrogens is 1. The van der Waals surface area contributed by atoms with E-state index in [2.05, 4.69) is 10.3 Å². The average Bonchev–Trinajstić information content (AvgIpc) is 3.33. The summed E-state index contributed by atoms with van der Waals surface area (Å²) in [5.74, 6) is 1.30. The van der Waals surface area contributed by atoms with E-state index in [-0.39, 0.29) is 11.9 Å². The van der Waals surface area contributed by atoms with Gasteiger partial charge in [-0.25, -0.2) is 4.98 Å². The van der Waals surface area contributed by atoms with Crippen LogP contribution in [0.3, 0.4) is 0 Å². The number of amides is 1. The molecule has 1 amide bonds. The van der Waals surface area contributed by atoms with Gasteiger partial charge in [-0.15, -0.1) is 0 Å². The zero-order chi connectivity index (χ0) is 19.5. The van der Waals surface area contributed by atoms with Crippen LogP contribution in [0.4, 0.5) is 0 Å². The lowest BCUT2D eigenvalue weighted by Crippen LogP contribution is -2.26. The molecular formula is C22H20N2O3S. The summed E-state index contributed by atoms with van der Waals surface area (Å²) in [6, 6.07) is 19.1. The van der Waals surface area contributed by atoms with Crippen LogP contribution in [0, 0.1) is 6.92 Å². The zero-order valence-electron chi connectivity index (χ0n) is 15.6. The van der Waals surface area contributed by atoms with Crippen molar-refractivity contribution < 1.29 is 13.6 Å². The fourth-order valence-electron chi connectivity index (χ4n) is 2.88. The van der Waals surface area contributed by atoms with Gasteiger partial charge in [-0.05, 0) is 49.2 Å². The number of benzene rings is 2. The Kier molecular flexibility index (Phi) is 5.21. The van der Waals surface area contributed by atoms with Crippen LogP contribution >= 0.6 is 11.8 Å². The van der Waals surface area contributed by atoms with Crippen LogP contribution in [0.5, 0.6) is 0 Å². The van der Waals surface area contributed by atoms with Crippen molar-refractivity contribution in [1.82, 2.24) is 10.3 Å². The fraction of sp³-hybridized carbons (Fsp3) is 0.182. The summed E-state index contributed by atoms with van der Waals surface area (Å²) in [5.41, 5.74) is 3.79. The molecule has 2 aromatic carbocycles. The van der Waals surface area contributed by atoms with Crippen LogP contribution in [-0.4, -0.2) is 10.9 Å². The molecule has 5 nitrogen and oxygen atoms in total. The Balaban J connectivity index is 1.37. The summed E-state index contributed by atoms with van der Waals surface area (Å²) < 4.78 is 11.5. The molecule has 28 heavy (non-hydrogen) atoms. The van der Waals surface area contributed by atoms with E-state index in [1.165, 1.54) is 11.8 Å². The average molecular weight is 392 g/mol. The smallest absolute Gasteiger partial charge is 0.287 e. The largest absolute Gasteiger partial charge is 0.455 e. The number of thioether (sulfide) groups is 1. The highest BCUT2D eigenvalue weighted by Crippen LogP contribution is 2.27. The Morgan fingerprint density at radius 1 is 1.11 bits per heavy atom. The van der Waals surface area contributed by atoms with Gasteiger partial charge in [-0.1, -0.05) is 48.2 Å². The Labute approximate surface area is 167 Å². The van der Waals surface area contributed by atoms with Gasteiger partial charge in [0.1, 0.15) is 11.3 Å². The number of oxazole rings is 1. The van der Waals surface area contributed by atoms with Gasteiger partial charge in [0.2, 0.25) is 0 Å². The highest BCUT2D eigenvalue weighted by atomic mass is 32.2. The van der Waals surface area contributed by atoms with E-state index in [1.54, 1.807) is 6.07 Å². The maximum Gasteiger partial charge on any atom is 0.287 e. The van der Waals surface area contributed by atoms with E-state index in [9.17, 15) is 4.79 Å². The molecule has 2 aromatic heterocycles. The lowest BCUT2D eigenvalue weighted by molar-refractivity contribution is 0.0910. The minimum Gasteiger partial charge on any atom is -0.455 e. The number of aryl methyl sites for hydroxylation is 1. The summed E-state index contributed by atoms with van der Waals surface area (Å²) >= 11 is 1.44. The van der Waals surface area contributed by atoms with Crippen LogP contribution in [-0.2, 0) is 5.75 Å². The fourth-order valence-corrected chi connectivity index (χ4v) is 3.61. The number of furan rings is 1. The molecule has 0 saturated carbocycles. The van der Waals surface area contributed by atoms with Crippen LogP contribution in [0.25, 0.3) is 11.1 Å². The molecule has 0 bridgehead atoms. The Hall–Kier alpha value is -2.99. The van der Waals surface area contributed by atoms with Gasteiger partial charge in [0.25, 0.3) is 11.1 Å². The number of carbonyl (C=O) groups is 1. The molecule has 1 atom stereocenters. The highest BCUT2D eigenvalue weighted by molar-refractivity contribution is 7.98. The van der Waals surface area contributed by atoms with E-state index >= 15 is 0 Å². The zero-order valence-corrected chi connectivity index (χ0v) is 16.5. The number of hydrogen-bond donors (Lipinski definition) is 1. The maximum absolute atomic E-state index is 12.4. The van der Waals surface area contributed by atoms with E-state index in [0.717, 1.165) is 22.2 Å². The van der Waals surface area contributed by atoms with Crippen molar-refractivity contribution in [2.24, 2.45) is 0 Å². The van der Waals surface area contributed by atoms with Crippen molar-refractivity contribution in [3.63, 3.8) is 0 Å². The normalized spacial score (nSPS) is 12.2. The molecular weight excluding hydrogens is 372 g/mol. The van der Waals surface area contributed by atoms with Crippen LogP contribution in [0.2, 0.25) is 0 Å². The van der Waals surface area contributed by atoms with Crippen molar-refractivity contribution in [2.45, 2.75) is 30.9 Å². The van der Waals surface area contributed by atoms with Crippen molar-refractivity contribution in [2.75, 3.05) is 0 Å². The Morgan fingerprint density at radius 3 is 2.75 bits per heavy atom. The molecule has 6 heteroatoms. The maximum atomic E-state index is 12.4. The predicted octanol–water partition coefficient (Wildman–Crippen LogP) is 5.51. The van der Waals surface area contributed by atoms with E-state index in [1.807, 2.05) is 68.4 Å². The SMILES string of the molecule is Cc1ccc2nc(SCc3ccc(C(=O)NC(C)c4ccccc4)o3)oc2c1. The molecule has 2 heterocycles. The number of hydrogen-bond acceptors (Lipinski definition) is 5. The number of rotatable bonds is 6. The van der Waals surface area contributed by atoms with Gasteiger partial charge < -0.3 is 14.2 Å². The number of carbonyl (C=O) groups excluding carboxylic acids is 1. The number of nitrogens with one attached hydrogen (secondary N) is 1. The topological polar surface area (TPSA) is 68.3 Å². The molecule has 0 spiro atoms. The third-order valence-electron chi connectivity index (χ3n) is 4.39. The first-order chi connectivity index (χ1) is 13.6. The minimum absolute atomic E-state index is 0.0974. The van der Waals surface area contributed by atoms with Gasteiger partial charge in [0, 0.05) is 0 Å². The molecule has 0 radical (unpaired) electrons. The van der Waals surface area contributed by atoms with Gasteiger partial charge in [-0.3, -0.25) is 4.79 Å². The Morgan fingerprint density at radius 2 is 1.93 bits per heavy atom. The molecule has 4 rings (SSSR count). The summed E-state index contributed by atoms with van der Waals surface area (Å²) in [6.07, 6.45) is 0. The van der Waals surface area contributed by atoms with Crippen molar-refractivity contribution in [3.05, 3.63) is 83.3 Å². The third-order valence-corrected chi connectivity index (χ3v) is 5.25. The summed E-state index contributed by atoms with van der Waals surface area (Å²) in [5, 5.41) is 3.54. The second-order valence-corrected chi connectivity index (χ2v) is 7.54. The van der Waals surface area contributed by atoms with Gasteiger partial charge in [-0.2, -0.15) is 0 Å². The van der Waals surface area contributed by atoms with Crippen LogP contribution < -0.4 is 5.32 Å². The highest BCUT2D eigenvalue weighted by Gasteiger charge is 2.15. The van der Waals surface area contributed by atoms with Gasteiger partial charge >= 0.3 is 0 Å². The van der Waals surface area contributed by atoms with Gasteiger partial charge in [0.05, 0.1) is 11.8 Å². The number of fused-ring (bicyclic) bond motifs is 1. The summed E-state index contributed by atoms with van der Waals surface area (Å²) in [7, 11) is 0. The Bertz CT molecular complexity index is 1100. The van der Waals surface area contributed by atoms with Crippen molar-refractivity contribution in [1.29, 1.82) is 0 Å². The minimum atomic E-state index is -0.232. The first kappa shape index (κ1) is 18.4. The second-order valence-electron chi connectivity index (χ2n) is 6.61. The predicted molar refractivity (Wildman–Crippen MR) is 109 cm³/mol. The monoisotopic (exact) mass is 392 g/mol. The molecule has 0 aliphatic rings. The lowest BCUT2D eigenvalue weighted by Gasteiger charge is -2.13. The van der Waals surface area contributed by atoms with Crippen LogP contribution in [0.1, 0.15) is 40.4 Å². The van der Waals surface area contributed by atoms with E-state index < -0.39 is 0 Å². The standard InChI is InChI=1S/C22H20N2O3S/c1-14-8-10-18-20(12-14)27-22(24-18)28-13-17-9-11-19(26-17)21(25)23-15(2)16-6-4-3-5-7-16/h3-12,15H,13H2,1-2H3,(H,23,25). The first-order valence-corrected chi connectivity index (χ1v) is 10.0. The summed E-state index contributed by atoms with van der Waals surface area (Å²) in [4.78, 5) is 16.9. The summed E-state index contributed by atoms with van der Waals surface area (Å²) in [6.45, 7) is 3.96. The second kappa shape index (κ2) is 7.94. The molecule has 4 aromatic rings. The van der Waals surface area contributed by atoms with Gasteiger partial charge in [0.15, 0.2) is 11.3 Å². The molecule has 0 aliphatic heterocycles. The molecule has 1 N–H and O–H groups in total. The quantitative estimate of drug-likeness (QED) is 0.438. The van der Waals surface area contributed by atoms with Crippen molar-refractivity contribution in [3.8, 4) is 0 Å². The first-order valence-electron chi connectivity index (χ1n) is 9.03.